The number of rotatable bonds is 2. The van der Waals surface area contributed by atoms with E-state index in [9.17, 15) is 4.79 Å². The van der Waals surface area contributed by atoms with Crippen molar-refractivity contribution in [1.29, 1.82) is 0 Å². The van der Waals surface area contributed by atoms with Gasteiger partial charge in [-0.05, 0) is 17.7 Å². The summed E-state index contributed by atoms with van der Waals surface area (Å²) >= 11 is 5.77. The minimum absolute atomic E-state index is 0.0961. The van der Waals surface area contributed by atoms with Crippen LogP contribution in [0, 0.1) is 0 Å². The molecule has 1 rings (SSSR count). The first kappa shape index (κ1) is 13.9. The molecule has 0 atom stereocenters. The average molecular weight is 231 g/mol. The maximum Gasteiger partial charge on any atom is 0.339 e. The molecular formula is C11H15ClO3. The Labute approximate surface area is 94.6 Å². The van der Waals surface area contributed by atoms with Crippen LogP contribution in [-0.4, -0.2) is 18.2 Å². The predicted molar refractivity (Wildman–Crippen MR) is 60.1 cm³/mol. The molecule has 0 aromatic heterocycles. The highest BCUT2D eigenvalue weighted by molar-refractivity contribution is 6.33. The SMILES string of the molecule is CC.COC(=O)c1ccc(CO)cc1Cl. The standard InChI is InChI=1S/C9H9ClO3.C2H6/c1-13-9(12)7-3-2-6(5-11)4-8(7)10;1-2/h2-4,11H,5H2,1H3;1-2H3. The number of ether oxygens (including phenoxy) is 1. The van der Waals surface area contributed by atoms with E-state index in [0.717, 1.165) is 0 Å². The number of carbonyl (C=O) groups excluding carboxylic acids is 1. The molecule has 0 saturated carbocycles. The van der Waals surface area contributed by atoms with E-state index in [2.05, 4.69) is 4.74 Å². The molecule has 0 fully saturated rings. The predicted octanol–water partition coefficient (Wildman–Crippen LogP) is 2.65. The van der Waals surface area contributed by atoms with Crippen molar-refractivity contribution in [2.45, 2.75) is 20.5 Å². The van der Waals surface area contributed by atoms with Crippen LogP contribution in [0.15, 0.2) is 18.2 Å². The van der Waals surface area contributed by atoms with Crippen molar-refractivity contribution >= 4 is 17.6 Å². The first-order chi connectivity index (χ1) is 7.19. The minimum Gasteiger partial charge on any atom is -0.465 e. The first-order valence-electron chi connectivity index (χ1n) is 4.66. The van der Waals surface area contributed by atoms with Crippen molar-refractivity contribution < 1.29 is 14.6 Å². The summed E-state index contributed by atoms with van der Waals surface area (Å²) in [6.45, 7) is 3.90. The summed E-state index contributed by atoms with van der Waals surface area (Å²) in [7, 11) is 1.29. The van der Waals surface area contributed by atoms with Gasteiger partial charge in [-0.15, -0.1) is 0 Å². The fraction of sp³-hybridized carbons (Fsp3) is 0.364. The monoisotopic (exact) mass is 230 g/mol. The molecule has 0 spiro atoms. The number of aliphatic hydroxyl groups is 1. The van der Waals surface area contributed by atoms with Crippen molar-refractivity contribution in [2.24, 2.45) is 0 Å². The third-order valence-corrected chi connectivity index (χ3v) is 1.93. The Kier molecular flexibility index (Phi) is 6.75. The molecule has 0 unspecified atom stereocenters. The Balaban J connectivity index is 0.000000921. The molecule has 1 aromatic rings. The number of aliphatic hydroxyl groups excluding tert-OH is 1. The van der Waals surface area contributed by atoms with Crippen LogP contribution in [-0.2, 0) is 11.3 Å². The summed E-state index contributed by atoms with van der Waals surface area (Å²) in [5.41, 5.74) is 0.971. The number of methoxy groups -OCH3 is 1. The Hall–Kier alpha value is -1.06. The van der Waals surface area contributed by atoms with E-state index in [4.69, 9.17) is 16.7 Å². The Morgan fingerprint density at radius 3 is 2.47 bits per heavy atom. The van der Waals surface area contributed by atoms with Gasteiger partial charge in [0.25, 0.3) is 0 Å². The molecule has 4 heteroatoms. The van der Waals surface area contributed by atoms with E-state index in [-0.39, 0.29) is 6.61 Å². The molecule has 0 heterocycles. The van der Waals surface area contributed by atoms with Gasteiger partial charge in [0, 0.05) is 0 Å². The van der Waals surface area contributed by atoms with Gasteiger partial charge < -0.3 is 9.84 Å². The molecule has 0 aliphatic carbocycles. The number of hydrogen-bond acceptors (Lipinski definition) is 3. The fourth-order valence-electron chi connectivity index (χ4n) is 0.932. The molecule has 0 aliphatic heterocycles. The first-order valence-corrected chi connectivity index (χ1v) is 5.04. The minimum atomic E-state index is -0.477. The van der Waals surface area contributed by atoms with Crippen LogP contribution in [0.25, 0.3) is 0 Å². The van der Waals surface area contributed by atoms with E-state index in [0.29, 0.717) is 16.1 Å². The molecule has 0 radical (unpaired) electrons. The zero-order valence-corrected chi connectivity index (χ0v) is 9.84. The maximum absolute atomic E-state index is 11.1. The highest BCUT2D eigenvalue weighted by Crippen LogP contribution is 2.18. The van der Waals surface area contributed by atoms with E-state index < -0.39 is 5.97 Å². The number of hydrogen-bond donors (Lipinski definition) is 1. The fourth-order valence-corrected chi connectivity index (χ4v) is 1.21. The summed E-state index contributed by atoms with van der Waals surface area (Å²) in [5.74, 6) is -0.477. The zero-order chi connectivity index (χ0) is 11.8. The van der Waals surface area contributed by atoms with Crippen LogP contribution in [0.4, 0.5) is 0 Å². The smallest absolute Gasteiger partial charge is 0.339 e. The highest BCUT2D eigenvalue weighted by atomic mass is 35.5. The van der Waals surface area contributed by atoms with Crippen LogP contribution in [0.5, 0.6) is 0 Å². The Morgan fingerprint density at radius 1 is 1.47 bits per heavy atom. The largest absolute Gasteiger partial charge is 0.465 e. The molecule has 0 bridgehead atoms. The lowest BCUT2D eigenvalue weighted by Gasteiger charge is -2.03. The lowest BCUT2D eigenvalue weighted by molar-refractivity contribution is 0.0601. The van der Waals surface area contributed by atoms with Crippen molar-refractivity contribution in [2.75, 3.05) is 7.11 Å². The Morgan fingerprint density at radius 2 is 2.07 bits per heavy atom. The van der Waals surface area contributed by atoms with Crippen LogP contribution in [0.1, 0.15) is 29.8 Å². The molecule has 0 aliphatic rings. The summed E-state index contributed by atoms with van der Waals surface area (Å²) < 4.78 is 4.50. The van der Waals surface area contributed by atoms with Gasteiger partial charge in [0.2, 0.25) is 0 Å². The third kappa shape index (κ3) is 3.90. The lowest BCUT2D eigenvalue weighted by atomic mass is 10.1. The van der Waals surface area contributed by atoms with E-state index in [1.807, 2.05) is 13.8 Å². The molecule has 0 saturated heterocycles. The van der Waals surface area contributed by atoms with E-state index in [1.165, 1.54) is 19.2 Å². The number of esters is 1. The lowest BCUT2D eigenvalue weighted by Crippen LogP contribution is -2.02. The summed E-state index contributed by atoms with van der Waals surface area (Å²) in [6, 6.07) is 4.69. The van der Waals surface area contributed by atoms with Gasteiger partial charge in [0.15, 0.2) is 0 Å². The topological polar surface area (TPSA) is 46.5 Å². The summed E-state index contributed by atoms with van der Waals surface area (Å²) in [4.78, 5) is 11.1. The molecule has 1 aromatic carbocycles. The molecule has 15 heavy (non-hydrogen) atoms. The van der Waals surface area contributed by atoms with Crippen molar-refractivity contribution in [3.8, 4) is 0 Å². The number of halogens is 1. The third-order valence-electron chi connectivity index (χ3n) is 1.62. The highest BCUT2D eigenvalue weighted by Gasteiger charge is 2.09. The molecule has 1 N–H and O–H groups in total. The zero-order valence-electron chi connectivity index (χ0n) is 9.08. The van der Waals surface area contributed by atoms with Gasteiger partial charge in [-0.3, -0.25) is 0 Å². The second-order valence-corrected chi connectivity index (χ2v) is 2.87. The number of carbonyl (C=O) groups is 1. The Bertz CT molecular complexity index is 324. The van der Waals surface area contributed by atoms with Gasteiger partial charge in [-0.1, -0.05) is 31.5 Å². The van der Waals surface area contributed by atoms with Crippen LogP contribution in [0.3, 0.4) is 0 Å². The van der Waals surface area contributed by atoms with Crippen molar-refractivity contribution in [1.82, 2.24) is 0 Å². The molecular weight excluding hydrogens is 216 g/mol. The molecule has 3 nitrogen and oxygen atoms in total. The average Bonchev–Trinajstić information content (AvgIpc) is 2.30. The van der Waals surface area contributed by atoms with Crippen LogP contribution in [0.2, 0.25) is 5.02 Å². The second-order valence-electron chi connectivity index (χ2n) is 2.46. The summed E-state index contributed by atoms with van der Waals surface area (Å²) in [5, 5.41) is 9.06. The normalized spacial score (nSPS) is 8.87. The van der Waals surface area contributed by atoms with Crippen molar-refractivity contribution in [3.63, 3.8) is 0 Å². The van der Waals surface area contributed by atoms with E-state index in [1.54, 1.807) is 6.07 Å². The second kappa shape index (κ2) is 7.26. The summed E-state index contributed by atoms with van der Waals surface area (Å²) in [6.07, 6.45) is 0. The number of benzene rings is 1. The maximum atomic E-state index is 11.1. The van der Waals surface area contributed by atoms with Gasteiger partial charge in [-0.25, -0.2) is 4.79 Å². The van der Waals surface area contributed by atoms with Gasteiger partial charge in [-0.2, -0.15) is 0 Å². The molecule has 0 amide bonds. The van der Waals surface area contributed by atoms with E-state index >= 15 is 0 Å². The van der Waals surface area contributed by atoms with Gasteiger partial charge >= 0.3 is 5.97 Å². The quantitative estimate of drug-likeness (QED) is 0.795. The molecule has 84 valence electrons. The van der Waals surface area contributed by atoms with Crippen LogP contribution >= 0.6 is 11.6 Å². The van der Waals surface area contributed by atoms with Gasteiger partial charge in [0.05, 0.1) is 24.3 Å². The van der Waals surface area contributed by atoms with Crippen molar-refractivity contribution in [3.05, 3.63) is 34.3 Å². The van der Waals surface area contributed by atoms with Crippen LogP contribution < -0.4 is 0 Å². The van der Waals surface area contributed by atoms with Gasteiger partial charge in [0.1, 0.15) is 0 Å².